The van der Waals surface area contributed by atoms with Crippen LogP contribution in [-0.2, 0) is 6.18 Å². The molecule has 1 saturated carbocycles. The lowest BCUT2D eigenvalue weighted by Gasteiger charge is -2.35. The van der Waals surface area contributed by atoms with E-state index >= 15 is 0 Å². The van der Waals surface area contributed by atoms with Gasteiger partial charge in [-0.3, -0.25) is 9.88 Å². The molecule has 0 radical (unpaired) electrons. The van der Waals surface area contributed by atoms with Crippen LogP contribution < -0.4 is 4.90 Å². The number of hydrogen-bond donors (Lipinski definition) is 0. The second kappa shape index (κ2) is 6.83. The van der Waals surface area contributed by atoms with Crippen LogP contribution in [0.3, 0.4) is 0 Å². The second-order valence-electron chi connectivity index (χ2n) is 6.90. The van der Waals surface area contributed by atoms with Crippen LogP contribution in [0.4, 0.5) is 19.0 Å². The lowest BCUT2D eigenvalue weighted by Crippen LogP contribution is -2.47. The van der Waals surface area contributed by atoms with Crippen molar-refractivity contribution in [2.45, 2.75) is 19.0 Å². The first-order valence-corrected chi connectivity index (χ1v) is 8.83. The molecule has 1 aliphatic carbocycles. The van der Waals surface area contributed by atoms with E-state index in [1.807, 2.05) is 4.90 Å². The Morgan fingerprint density at radius 1 is 1.00 bits per heavy atom. The van der Waals surface area contributed by atoms with Crippen molar-refractivity contribution in [2.24, 2.45) is 5.92 Å². The normalized spacial score (nSPS) is 19.0. The van der Waals surface area contributed by atoms with Crippen LogP contribution in [0.1, 0.15) is 18.5 Å². The highest BCUT2D eigenvalue weighted by Gasteiger charge is 2.35. The topological polar surface area (TPSA) is 45.2 Å². The molecule has 1 aliphatic heterocycles. The summed E-state index contributed by atoms with van der Waals surface area (Å²) in [5.74, 6) is 1.23. The molecule has 8 heteroatoms. The number of pyridine rings is 1. The average molecular weight is 363 g/mol. The molecule has 2 aliphatic rings. The van der Waals surface area contributed by atoms with E-state index in [4.69, 9.17) is 0 Å². The fourth-order valence-electron chi connectivity index (χ4n) is 3.20. The first-order chi connectivity index (χ1) is 12.5. The van der Waals surface area contributed by atoms with Gasteiger partial charge in [0.1, 0.15) is 5.82 Å². The zero-order chi connectivity index (χ0) is 18.1. The summed E-state index contributed by atoms with van der Waals surface area (Å²) in [5.41, 5.74) is -0.380. The van der Waals surface area contributed by atoms with Gasteiger partial charge in [0, 0.05) is 56.7 Å². The predicted molar refractivity (Wildman–Crippen MR) is 91.6 cm³/mol. The molecular weight excluding hydrogens is 343 g/mol. The maximum Gasteiger partial charge on any atom is 0.433 e. The molecule has 0 aromatic carbocycles. The molecule has 0 bridgehead atoms. The Balaban J connectivity index is 1.58. The van der Waals surface area contributed by atoms with E-state index in [0.717, 1.165) is 31.6 Å². The third kappa shape index (κ3) is 3.95. The lowest BCUT2D eigenvalue weighted by molar-refractivity contribution is -0.141. The van der Waals surface area contributed by atoms with E-state index in [1.54, 1.807) is 12.1 Å². The molecule has 0 spiro atoms. The van der Waals surface area contributed by atoms with E-state index in [2.05, 4.69) is 19.9 Å². The number of rotatable bonds is 4. The van der Waals surface area contributed by atoms with Gasteiger partial charge in [-0.15, -0.1) is 0 Å². The number of aromatic nitrogens is 3. The number of anilines is 1. The van der Waals surface area contributed by atoms with Crippen LogP contribution in [0, 0.1) is 5.92 Å². The lowest BCUT2D eigenvalue weighted by atomic mass is 10.2. The van der Waals surface area contributed by atoms with Gasteiger partial charge in [0.05, 0.1) is 0 Å². The van der Waals surface area contributed by atoms with Gasteiger partial charge in [0.2, 0.25) is 0 Å². The summed E-state index contributed by atoms with van der Waals surface area (Å²) in [5, 5.41) is 0. The highest BCUT2D eigenvalue weighted by molar-refractivity contribution is 5.57. The fourth-order valence-corrected chi connectivity index (χ4v) is 3.20. The molecule has 2 aromatic rings. The summed E-state index contributed by atoms with van der Waals surface area (Å²) in [4.78, 5) is 16.4. The van der Waals surface area contributed by atoms with Gasteiger partial charge >= 0.3 is 6.18 Å². The number of halogens is 3. The van der Waals surface area contributed by atoms with Crippen molar-refractivity contribution >= 4 is 5.82 Å². The molecule has 138 valence electrons. The fraction of sp³-hybridized carbons (Fsp3) is 0.500. The number of alkyl halides is 3. The molecule has 2 fully saturated rings. The summed E-state index contributed by atoms with van der Waals surface area (Å²) < 4.78 is 39.9. The van der Waals surface area contributed by atoms with Gasteiger partial charge in [-0.1, -0.05) is 0 Å². The largest absolute Gasteiger partial charge is 0.433 e. The monoisotopic (exact) mass is 363 g/mol. The smallest absolute Gasteiger partial charge is 0.354 e. The Hall–Kier alpha value is -2.22. The van der Waals surface area contributed by atoms with E-state index in [0.29, 0.717) is 24.5 Å². The van der Waals surface area contributed by atoms with Crippen molar-refractivity contribution in [1.29, 1.82) is 0 Å². The Kier molecular flexibility index (Phi) is 4.52. The molecule has 5 nitrogen and oxygen atoms in total. The molecule has 0 N–H and O–H groups in total. The molecule has 0 amide bonds. The van der Waals surface area contributed by atoms with Gasteiger partial charge in [-0.05, 0) is 30.9 Å². The third-order valence-corrected chi connectivity index (χ3v) is 4.85. The van der Waals surface area contributed by atoms with Crippen LogP contribution in [0.2, 0.25) is 0 Å². The standard InChI is InChI=1S/C18H20F3N5/c19-18(20,21)15-11-16(24-17(23-15)14-3-5-22-6-4-14)26-9-7-25(8-10-26)12-13-1-2-13/h3-6,11,13H,1-2,7-10,12H2. The summed E-state index contributed by atoms with van der Waals surface area (Å²) in [7, 11) is 0. The average Bonchev–Trinajstić information content (AvgIpc) is 3.46. The highest BCUT2D eigenvalue weighted by atomic mass is 19.4. The van der Waals surface area contributed by atoms with Crippen molar-refractivity contribution in [3.05, 3.63) is 36.3 Å². The van der Waals surface area contributed by atoms with Crippen molar-refractivity contribution in [2.75, 3.05) is 37.6 Å². The van der Waals surface area contributed by atoms with Crippen LogP contribution in [0.15, 0.2) is 30.6 Å². The molecule has 0 atom stereocenters. The van der Waals surface area contributed by atoms with Crippen molar-refractivity contribution in [3.63, 3.8) is 0 Å². The molecule has 4 rings (SSSR count). The summed E-state index contributed by atoms with van der Waals surface area (Å²) in [6.07, 6.45) is 1.14. The van der Waals surface area contributed by atoms with E-state index in [9.17, 15) is 13.2 Å². The Morgan fingerprint density at radius 3 is 2.31 bits per heavy atom. The van der Waals surface area contributed by atoms with Crippen LogP contribution >= 0.6 is 0 Å². The molecule has 26 heavy (non-hydrogen) atoms. The molecule has 0 unspecified atom stereocenters. The predicted octanol–water partition coefficient (Wildman–Crippen LogP) is 3.09. The molecule has 1 saturated heterocycles. The van der Waals surface area contributed by atoms with E-state index in [-0.39, 0.29) is 5.82 Å². The van der Waals surface area contributed by atoms with Crippen LogP contribution in [-0.4, -0.2) is 52.6 Å². The van der Waals surface area contributed by atoms with Gasteiger partial charge in [-0.25, -0.2) is 9.97 Å². The number of nitrogens with zero attached hydrogens (tertiary/aromatic N) is 5. The van der Waals surface area contributed by atoms with Gasteiger partial charge < -0.3 is 4.90 Å². The van der Waals surface area contributed by atoms with Crippen LogP contribution in [0.25, 0.3) is 11.4 Å². The number of piperazine rings is 1. The summed E-state index contributed by atoms with van der Waals surface area (Å²) in [6.45, 7) is 4.17. The highest BCUT2D eigenvalue weighted by Crippen LogP contribution is 2.33. The van der Waals surface area contributed by atoms with Crippen molar-refractivity contribution in [1.82, 2.24) is 19.9 Å². The Bertz CT molecular complexity index is 753. The van der Waals surface area contributed by atoms with Crippen LogP contribution in [0.5, 0.6) is 0 Å². The zero-order valence-electron chi connectivity index (χ0n) is 14.3. The number of hydrogen-bond acceptors (Lipinski definition) is 5. The minimum atomic E-state index is -4.51. The second-order valence-corrected chi connectivity index (χ2v) is 6.90. The van der Waals surface area contributed by atoms with E-state index < -0.39 is 11.9 Å². The molecular formula is C18H20F3N5. The van der Waals surface area contributed by atoms with Gasteiger partial charge in [-0.2, -0.15) is 13.2 Å². The Morgan fingerprint density at radius 2 is 1.69 bits per heavy atom. The van der Waals surface area contributed by atoms with E-state index in [1.165, 1.54) is 25.2 Å². The molecule has 2 aromatic heterocycles. The third-order valence-electron chi connectivity index (χ3n) is 4.85. The summed E-state index contributed by atoms with van der Waals surface area (Å²) in [6, 6.07) is 4.29. The quantitative estimate of drug-likeness (QED) is 0.835. The first-order valence-electron chi connectivity index (χ1n) is 8.83. The maximum absolute atomic E-state index is 13.3. The van der Waals surface area contributed by atoms with Gasteiger partial charge in [0.15, 0.2) is 11.5 Å². The van der Waals surface area contributed by atoms with Gasteiger partial charge in [0.25, 0.3) is 0 Å². The Labute approximate surface area is 149 Å². The van der Waals surface area contributed by atoms with Crippen molar-refractivity contribution < 1.29 is 13.2 Å². The first kappa shape index (κ1) is 17.2. The maximum atomic E-state index is 13.3. The minimum Gasteiger partial charge on any atom is -0.354 e. The zero-order valence-corrected chi connectivity index (χ0v) is 14.3. The minimum absolute atomic E-state index is 0.0811. The van der Waals surface area contributed by atoms with Crippen molar-refractivity contribution in [3.8, 4) is 11.4 Å². The SMILES string of the molecule is FC(F)(F)c1cc(N2CCN(CC3CC3)CC2)nc(-c2ccncc2)n1. The summed E-state index contributed by atoms with van der Waals surface area (Å²) >= 11 is 0. The molecule has 3 heterocycles.